The van der Waals surface area contributed by atoms with Gasteiger partial charge in [-0.3, -0.25) is 14.2 Å². The van der Waals surface area contributed by atoms with E-state index in [-0.39, 0.29) is 17.2 Å². The van der Waals surface area contributed by atoms with Gasteiger partial charge in [-0.2, -0.15) is 4.98 Å². The number of thiazole rings is 1. The summed E-state index contributed by atoms with van der Waals surface area (Å²) in [4.78, 5) is 36.2. The zero-order chi connectivity index (χ0) is 19.7. The van der Waals surface area contributed by atoms with Gasteiger partial charge in [0.25, 0.3) is 5.56 Å². The average molecular weight is 436 g/mol. The van der Waals surface area contributed by atoms with Crippen molar-refractivity contribution < 1.29 is 4.79 Å². The van der Waals surface area contributed by atoms with Crippen LogP contribution in [-0.4, -0.2) is 39.3 Å². The summed E-state index contributed by atoms with van der Waals surface area (Å²) in [6.07, 6.45) is 2.28. The average Bonchev–Trinajstić information content (AvgIpc) is 3.35. The van der Waals surface area contributed by atoms with E-state index in [1.54, 1.807) is 31.3 Å². The van der Waals surface area contributed by atoms with E-state index in [4.69, 9.17) is 11.6 Å². The number of hydrogen-bond donors (Lipinski definition) is 1. The summed E-state index contributed by atoms with van der Waals surface area (Å²) < 4.78 is 2.02. The summed E-state index contributed by atoms with van der Waals surface area (Å²) in [5.41, 5.74) is 0.868. The number of para-hydroxylation sites is 1. The smallest absolute Gasteiger partial charge is 0.273 e. The van der Waals surface area contributed by atoms with Crippen molar-refractivity contribution in [1.29, 1.82) is 0 Å². The van der Waals surface area contributed by atoms with Gasteiger partial charge in [-0.05, 0) is 25.0 Å². The molecule has 1 aliphatic heterocycles. The van der Waals surface area contributed by atoms with Gasteiger partial charge in [0.1, 0.15) is 4.70 Å². The Bertz CT molecular complexity index is 1090. The molecule has 0 aliphatic carbocycles. The summed E-state index contributed by atoms with van der Waals surface area (Å²) in [6, 6.07) is 7.05. The maximum absolute atomic E-state index is 12.7. The number of amides is 1. The summed E-state index contributed by atoms with van der Waals surface area (Å²) >= 11 is 8.65. The molecule has 0 atom stereocenters. The lowest BCUT2D eigenvalue weighted by atomic mass is 10.3. The molecule has 1 N–H and O–H groups in total. The molecule has 2 aromatic heterocycles. The van der Waals surface area contributed by atoms with Gasteiger partial charge in [0.05, 0.1) is 16.5 Å². The van der Waals surface area contributed by atoms with Crippen LogP contribution in [0.2, 0.25) is 5.02 Å². The van der Waals surface area contributed by atoms with Crippen LogP contribution < -0.4 is 15.8 Å². The largest absolute Gasteiger partial charge is 0.348 e. The Hall–Kier alpha value is -2.10. The van der Waals surface area contributed by atoms with Gasteiger partial charge in [-0.15, -0.1) is 0 Å². The first kappa shape index (κ1) is 19.2. The highest BCUT2D eigenvalue weighted by Crippen LogP contribution is 2.29. The number of carbonyl (C=O) groups excluding carboxylic acids is 1. The molecule has 1 aliphatic rings. The fourth-order valence-corrected chi connectivity index (χ4v) is 4.95. The topological polar surface area (TPSA) is 80.1 Å². The second-order valence-electron chi connectivity index (χ2n) is 6.42. The third-order valence-electron chi connectivity index (χ3n) is 4.44. The van der Waals surface area contributed by atoms with E-state index in [2.05, 4.69) is 20.2 Å². The van der Waals surface area contributed by atoms with E-state index in [0.29, 0.717) is 26.2 Å². The number of thioether (sulfide) groups is 1. The lowest BCUT2D eigenvalue weighted by molar-refractivity contribution is -0.113. The van der Waals surface area contributed by atoms with Gasteiger partial charge in [0.15, 0.2) is 15.9 Å². The van der Waals surface area contributed by atoms with Crippen LogP contribution in [0.25, 0.3) is 10.3 Å². The maximum Gasteiger partial charge on any atom is 0.273 e. The van der Waals surface area contributed by atoms with Crippen LogP contribution in [0, 0.1) is 0 Å². The molecule has 10 heteroatoms. The quantitative estimate of drug-likeness (QED) is 0.489. The van der Waals surface area contributed by atoms with Crippen LogP contribution in [0.1, 0.15) is 12.8 Å². The SMILES string of the molecule is Cn1c(SCC(=O)Nc2ccccc2Cl)nc2nc(N3CCCC3)sc2c1=O. The number of fused-ring (bicyclic) bond motifs is 1. The molecule has 1 fully saturated rings. The summed E-state index contributed by atoms with van der Waals surface area (Å²) in [5.74, 6) is -0.108. The van der Waals surface area contributed by atoms with E-state index in [1.165, 1.54) is 27.7 Å². The van der Waals surface area contributed by atoms with Crippen LogP contribution in [0.4, 0.5) is 10.8 Å². The highest BCUT2D eigenvalue weighted by molar-refractivity contribution is 7.99. The Labute approximate surface area is 174 Å². The molecule has 0 bridgehead atoms. The van der Waals surface area contributed by atoms with Gasteiger partial charge in [0.2, 0.25) is 5.91 Å². The fourth-order valence-electron chi connectivity index (χ4n) is 2.97. The lowest BCUT2D eigenvalue weighted by Gasteiger charge is -2.11. The summed E-state index contributed by atoms with van der Waals surface area (Å²) in [6.45, 7) is 1.92. The van der Waals surface area contributed by atoms with E-state index in [1.807, 2.05) is 0 Å². The van der Waals surface area contributed by atoms with Gasteiger partial charge in [-0.25, -0.2) is 4.98 Å². The molecule has 0 spiro atoms. The summed E-state index contributed by atoms with van der Waals surface area (Å²) in [5, 5.41) is 4.55. The molecular formula is C18H18ClN5O2S2. The summed E-state index contributed by atoms with van der Waals surface area (Å²) in [7, 11) is 1.67. The second kappa shape index (κ2) is 8.10. The number of carbonyl (C=O) groups is 1. The number of nitrogens with zero attached hydrogens (tertiary/aromatic N) is 4. The second-order valence-corrected chi connectivity index (χ2v) is 8.75. The number of halogens is 1. The number of rotatable bonds is 5. The highest BCUT2D eigenvalue weighted by Gasteiger charge is 2.20. The van der Waals surface area contributed by atoms with Gasteiger partial charge < -0.3 is 10.2 Å². The molecule has 146 valence electrons. The monoisotopic (exact) mass is 435 g/mol. The maximum atomic E-state index is 12.7. The molecule has 0 radical (unpaired) electrons. The minimum Gasteiger partial charge on any atom is -0.348 e. The zero-order valence-corrected chi connectivity index (χ0v) is 17.5. The first-order valence-electron chi connectivity index (χ1n) is 8.82. The molecule has 3 heterocycles. The minimum atomic E-state index is -0.219. The van der Waals surface area contributed by atoms with E-state index >= 15 is 0 Å². The minimum absolute atomic E-state index is 0.111. The Kier molecular flexibility index (Phi) is 5.56. The highest BCUT2D eigenvalue weighted by atomic mass is 35.5. The van der Waals surface area contributed by atoms with E-state index in [9.17, 15) is 9.59 Å². The lowest BCUT2D eigenvalue weighted by Crippen LogP contribution is -2.20. The standard InChI is InChI=1S/C18H18ClN5O2S2/c1-23-16(26)14-15(22-18(28-14)24-8-4-5-9-24)21-17(23)27-10-13(25)20-12-7-3-2-6-11(12)19/h2-3,6-7H,4-5,8-10H2,1H3,(H,20,25). The zero-order valence-electron chi connectivity index (χ0n) is 15.1. The van der Waals surface area contributed by atoms with Crippen molar-refractivity contribution in [2.75, 3.05) is 29.1 Å². The number of anilines is 2. The van der Waals surface area contributed by atoms with Gasteiger partial charge >= 0.3 is 0 Å². The molecule has 1 aromatic carbocycles. The first-order valence-corrected chi connectivity index (χ1v) is 11.0. The Balaban J connectivity index is 1.52. The fraction of sp³-hybridized carbons (Fsp3) is 0.333. The molecular weight excluding hydrogens is 418 g/mol. The Morgan fingerprint density at radius 2 is 2.04 bits per heavy atom. The van der Waals surface area contributed by atoms with Crippen molar-refractivity contribution >= 4 is 61.8 Å². The van der Waals surface area contributed by atoms with Crippen molar-refractivity contribution in [3.63, 3.8) is 0 Å². The third kappa shape index (κ3) is 3.87. The van der Waals surface area contributed by atoms with Gasteiger partial charge in [0, 0.05) is 20.1 Å². The van der Waals surface area contributed by atoms with Crippen LogP contribution >= 0.6 is 34.7 Å². The molecule has 0 unspecified atom stereocenters. The molecule has 1 saturated heterocycles. The van der Waals surface area contributed by atoms with Crippen LogP contribution in [0.3, 0.4) is 0 Å². The van der Waals surface area contributed by atoms with Crippen LogP contribution in [0.15, 0.2) is 34.2 Å². The molecule has 1 amide bonds. The van der Waals surface area contributed by atoms with E-state index < -0.39 is 0 Å². The van der Waals surface area contributed by atoms with Gasteiger partial charge in [-0.1, -0.05) is 46.8 Å². The third-order valence-corrected chi connectivity index (χ3v) is 6.90. The van der Waals surface area contributed by atoms with E-state index in [0.717, 1.165) is 31.1 Å². The molecule has 4 rings (SSSR count). The predicted octanol–water partition coefficient (Wildman–Crippen LogP) is 3.37. The number of benzene rings is 1. The van der Waals surface area contributed by atoms with Crippen molar-refractivity contribution in [3.05, 3.63) is 39.6 Å². The van der Waals surface area contributed by atoms with Crippen molar-refractivity contribution in [2.45, 2.75) is 18.0 Å². The number of aromatic nitrogens is 3. The van der Waals surface area contributed by atoms with Crippen LogP contribution in [0.5, 0.6) is 0 Å². The number of hydrogen-bond acceptors (Lipinski definition) is 7. The first-order chi connectivity index (χ1) is 13.5. The predicted molar refractivity (Wildman–Crippen MR) is 115 cm³/mol. The Morgan fingerprint density at radius 1 is 1.29 bits per heavy atom. The van der Waals surface area contributed by atoms with Crippen molar-refractivity contribution in [1.82, 2.24) is 14.5 Å². The molecule has 3 aromatic rings. The Morgan fingerprint density at radius 3 is 2.79 bits per heavy atom. The number of nitrogens with one attached hydrogen (secondary N) is 1. The van der Waals surface area contributed by atoms with Crippen LogP contribution in [-0.2, 0) is 11.8 Å². The molecule has 28 heavy (non-hydrogen) atoms. The molecule has 7 nitrogen and oxygen atoms in total. The van der Waals surface area contributed by atoms with Crippen molar-refractivity contribution in [2.24, 2.45) is 7.05 Å². The normalized spacial score (nSPS) is 14.0. The van der Waals surface area contributed by atoms with Crippen molar-refractivity contribution in [3.8, 4) is 0 Å². The molecule has 0 saturated carbocycles.